The molecule has 0 radical (unpaired) electrons. The van der Waals surface area contributed by atoms with Gasteiger partial charge in [0.2, 0.25) is 5.88 Å². The fourth-order valence-electron chi connectivity index (χ4n) is 1.98. The van der Waals surface area contributed by atoms with Gasteiger partial charge in [0.1, 0.15) is 5.52 Å². The molecule has 3 aromatic rings. The van der Waals surface area contributed by atoms with Crippen LogP contribution < -0.4 is 4.74 Å². The number of pyridine rings is 2. The van der Waals surface area contributed by atoms with Crippen LogP contribution in [-0.4, -0.2) is 15.1 Å². The maximum atomic E-state index is 9.00. The highest BCUT2D eigenvalue weighted by atomic mass is 16.5. The van der Waals surface area contributed by atoms with E-state index in [2.05, 4.69) is 9.97 Å². The summed E-state index contributed by atoms with van der Waals surface area (Å²) in [6.45, 7) is 1.92. The topological polar surface area (TPSA) is 55.2 Å². The first-order chi connectivity index (χ1) is 9.76. The van der Waals surface area contributed by atoms with Crippen LogP contribution in [0.1, 0.15) is 11.3 Å². The van der Waals surface area contributed by atoms with E-state index in [1.807, 2.05) is 37.3 Å². The SMILES string of the molecule is Cc1ccc2cccc(Oc3ccc(CO)cn3)c2n1. The van der Waals surface area contributed by atoms with Crippen molar-refractivity contribution in [1.29, 1.82) is 0 Å². The number of hydrogen-bond donors (Lipinski definition) is 1. The fraction of sp³-hybridized carbons (Fsp3) is 0.125. The van der Waals surface area contributed by atoms with E-state index in [1.165, 1.54) is 0 Å². The van der Waals surface area contributed by atoms with Gasteiger partial charge in [-0.05, 0) is 30.7 Å². The number of aliphatic hydroxyl groups excluding tert-OH is 1. The number of nitrogens with zero attached hydrogens (tertiary/aromatic N) is 2. The van der Waals surface area contributed by atoms with E-state index in [9.17, 15) is 0 Å². The standard InChI is InChI=1S/C16H14N2O2/c1-11-5-7-13-3-2-4-14(16(13)18-11)20-15-8-6-12(10-19)9-17-15/h2-9,19H,10H2,1H3. The average molecular weight is 266 g/mol. The summed E-state index contributed by atoms with van der Waals surface area (Å²) in [5.74, 6) is 1.16. The number of ether oxygens (including phenoxy) is 1. The second kappa shape index (κ2) is 5.27. The molecule has 0 unspecified atom stereocenters. The van der Waals surface area contributed by atoms with Crippen molar-refractivity contribution in [2.24, 2.45) is 0 Å². The third-order valence-corrected chi connectivity index (χ3v) is 3.02. The lowest BCUT2D eigenvalue weighted by molar-refractivity contribution is 0.281. The van der Waals surface area contributed by atoms with Crippen LogP contribution >= 0.6 is 0 Å². The van der Waals surface area contributed by atoms with Crippen LogP contribution in [0.4, 0.5) is 0 Å². The van der Waals surface area contributed by atoms with Gasteiger partial charge in [0.25, 0.3) is 0 Å². The predicted octanol–water partition coefficient (Wildman–Crippen LogP) is 3.22. The maximum absolute atomic E-state index is 9.00. The molecular formula is C16H14N2O2. The molecule has 0 aliphatic carbocycles. The first-order valence-electron chi connectivity index (χ1n) is 6.36. The minimum absolute atomic E-state index is 0.0255. The van der Waals surface area contributed by atoms with E-state index in [0.29, 0.717) is 11.6 Å². The Balaban J connectivity index is 1.99. The molecule has 4 nitrogen and oxygen atoms in total. The molecule has 20 heavy (non-hydrogen) atoms. The molecule has 3 rings (SSSR count). The number of hydrogen-bond acceptors (Lipinski definition) is 4. The highest BCUT2D eigenvalue weighted by Gasteiger charge is 2.06. The first-order valence-corrected chi connectivity index (χ1v) is 6.36. The molecule has 0 aliphatic heterocycles. The smallest absolute Gasteiger partial charge is 0.219 e. The Morgan fingerprint density at radius 3 is 2.75 bits per heavy atom. The van der Waals surface area contributed by atoms with Crippen LogP contribution in [0.5, 0.6) is 11.6 Å². The number of benzene rings is 1. The second-order valence-corrected chi connectivity index (χ2v) is 4.55. The van der Waals surface area contributed by atoms with Gasteiger partial charge in [-0.1, -0.05) is 18.2 Å². The number of fused-ring (bicyclic) bond motifs is 1. The van der Waals surface area contributed by atoms with E-state index >= 15 is 0 Å². The molecular weight excluding hydrogens is 252 g/mol. The largest absolute Gasteiger partial charge is 0.437 e. The molecule has 0 bridgehead atoms. The van der Waals surface area contributed by atoms with E-state index in [1.54, 1.807) is 18.3 Å². The number of aromatic nitrogens is 2. The quantitative estimate of drug-likeness (QED) is 0.790. The zero-order valence-electron chi connectivity index (χ0n) is 11.1. The minimum atomic E-state index is -0.0255. The molecule has 0 fully saturated rings. The van der Waals surface area contributed by atoms with Crippen molar-refractivity contribution in [2.75, 3.05) is 0 Å². The Kier molecular flexibility index (Phi) is 3.31. The van der Waals surface area contributed by atoms with Crippen molar-refractivity contribution in [1.82, 2.24) is 9.97 Å². The van der Waals surface area contributed by atoms with Gasteiger partial charge >= 0.3 is 0 Å². The molecule has 2 heterocycles. The third-order valence-electron chi connectivity index (χ3n) is 3.02. The van der Waals surface area contributed by atoms with E-state index in [4.69, 9.17) is 9.84 Å². The summed E-state index contributed by atoms with van der Waals surface area (Å²) < 4.78 is 5.79. The maximum Gasteiger partial charge on any atom is 0.219 e. The van der Waals surface area contributed by atoms with Gasteiger partial charge in [0.15, 0.2) is 5.75 Å². The summed E-state index contributed by atoms with van der Waals surface area (Å²) in [4.78, 5) is 8.68. The van der Waals surface area contributed by atoms with Crippen LogP contribution in [0, 0.1) is 6.92 Å². The van der Waals surface area contributed by atoms with Crippen molar-refractivity contribution in [3.63, 3.8) is 0 Å². The lowest BCUT2D eigenvalue weighted by atomic mass is 10.2. The number of aryl methyl sites for hydroxylation is 1. The highest BCUT2D eigenvalue weighted by molar-refractivity contribution is 5.84. The van der Waals surface area contributed by atoms with Crippen LogP contribution in [0.3, 0.4) is 0 Å². The van der Waals surface area contributed by atoms with Gasteiger partial charge in [-0.3, -0.25) is 0 Å². The molecule has 1 aromatic carbocycles. The fourth-order valence-corrected chi connectivity index (χ4v) is 1.98. The zero-order chi connectivity index (χ0) is 13.9. The molecule has 4 heteroatoms. The minimum Gasteiger partial charge on any atom is -0.437 e. The van der Waals surface area contributed by atoms with Crippen molar-refractivity contribution in [2.45, 2.75) is 13.5 Å². The molecule has 0 amide bonds. The summed E-state index contributed by atoms with van der Waals surface area (Å²) in [5.41, 5.74) is 2.52. The van der Waals surface area contributed by atoms with Gasteiger partial charge in [-0.25, -0.2) is 9.97 Å². The Hall–Kier alpha value is -2.46. The van der Waals surface area contributed by atoms with Crippen molar-refractivity contribution < 1.29 is 9.84 Å². The van der Waals surface area contributed by atoms with Crippen molar-refractivity contribution >= 4 is 10.9 Å². The highest BCUT2D eigenvalue weighted by Crippen LogP contribution is 2.27. The Bertz CT molecular complexity index is 739. The van der Waals surface area contributed by atoms with Crippen molar-refractivity contribution in [3.05, 3.63) is 59.9 Å². The van der Waals surface area contributed by atoms with E-state index in [-0.39, 0.29) is 6.61 Å². The molecule has 0 aliphatic rings. The molecule has 0 atom stereocenters. The molecule has 1 N–H and O–H groups in total. The molecule has 0 saturated heterocycles. The van der Waals surface area contributed by atoms with Crippen LogP contribution in [0.15, 0.2) is 48.7 Å². The third kappa shape index (κ3) is 2.46. The van der Waals surface area contributed by atoms with E-state index in [0.717, 1.165) is 22.2 Å². The Labute approximate surface area is 116 Å². The zero-order valence-corrected chi connectivity index (χ0v) is 11.1. The van der Waals surface area contributed by atoms with Gasteiger partial charge in [-0.15, -0.1) is 0 Å². The monoisotopic (exact) mass is 266 g/mol. The summed E-state index contributed by atoms with van der Waals surface area (Å²) in [7, 11) is 0. The molecule has 0 saturated carbocycles. The summed E-state index contributed by atoms with van der Waals surface area (Å²) in [6, 6.07) is 13.3. The summed E-state index contributed by atoms with van der Waals surface area (Å²) in [6.07, 6.45) is 1.60. The van der Waals surface area contributed by atoms with E-state index < -0.39 is 0 Å². The predicted molar refractivity (Wildman–Crippen MR) is 76.7 cm³/mol. The lowest BCUT2D eigenvalue weighted by Crippen LogP contribution is -1.92. The molecule has 100 valence electrons. The molecule has 0 spiro atoms. The second-order valence-electron chi connectivity index (χ2n) is 4.55. The average Bonchev–Trinajstić information content (AvgIpc) is 2.49. The number of para-hydroxylation sites is 1. The van der Waals surface area contributed by atoms with Crippen LogP contribution in [-0.2, 0) is 6.61 Å². The Morgan fingerprint density at radius 1 is 1.10 bits per heavy atom. The Morgan fingerprint density at radius 2 is 2.00 bits per heavy atom. The number of aliphatic hydroxyl groups is 1. The van der Waals surface area contributed by atoms with Gasteiger partial charge in [-0.2, -0.15) is 0 Å². The first kappa shape index (κ1) is 12.6. The van der Waals surface area contributed by atoms with Gasteiger partial charge in [0, 0.05) is 23.3 Å². The molecule has 2 aromatic heterocycles. The summed E-state index contributed by atoms with van der Waals surface area (Å²) >= 11 is 0. The van der Waals surface area contributed by atoms with Crippen molar-refractivity contribution in [3.8, 4) is 11.6 Å². The van der Waals surface area contributed by atoms with Crippen LogP contribution in [0.2, 0.25) is 0 Å². The summed E-state index contributed by atoms with van der Waals surface area (Å²) in [5, 5.41) is 10.0. The number of rotatable bonds is 3. The van der Waals surface area contributed by atoms with Crippen LogP contribution in [0.25, 0.3) is 10.9 Å². The van der Waals surface area contributed by atoms with Gasteiger partial charge in [0.05, 0.1) is 6.61 Å². The van der Waals surface area contributed by atoms with Gasteiger partial charge < -0.3 is 9.84 Å². The normalized spacial score (nSPS) is 10.7. The lowest BCUT2D eigenvalue weighted by Gasteiger charge is -2.08.